The minimum atomic E-state index is -0.213. The van der Waals surface area contributed by atoms with E-state index < -0.39 is 0 Å². The zero-order valence-corrected chi connectivity index (χ0v) is 12.5. The second-order valence-corrected chi connectivity index (χ2v) is 5.74. The van der Waals surface area contributed by atoms with E-state index in [1.807, 2.05) is 6.92 Å². The van der Waals surface area contributed by atoms with Gasteiger partial charge in [-0.1, -0.05) is 13.3 Å². The molecule has 0 saturated carbocycles. The molecule has 1 aliphatic heterocycles. The first-order valence-corrected chi connectivity index (χ1v) is 7.66. The summed E-state index contributed by atoms with van der Waals surface area (Å²) in [5.74, 6) is 0.795. The van der Waals surface area contributed by atoms with E-state index in [1.165, 1.54) is 4.68 Å². The van der Waals surface area contributed by atoms with E-state index in [-0.39, 0.29) is 30.7 Å². The highest BCUT2D eigenvalue weighted by Gasteiger charge is 2.17. The predicted octanol–water partition coefficient (Wildman–Crippen LogP) is -0.0941. The van der Waals surface area contributed by atoms with Gasteiger partial charge in [0.2, 0.25) is 5.91 Å². The minimum absolute atomic E-state index is 0.0370. The molecule has 0 fully saturated rings. The number of aliphatic hydroxyl groups is 1. The molecule has 0 aromatic carbocycles. The van der Waals surface area contributed by atoms with Crippen LogP contribution in [0, 0.1) is 5.92 Å². The maximum Gasteiger partial charge on any atom is 0.346 e. The van der Waals surface area contributed by atoms with E-state index in [9.17, 15) is 9.59 Å². The van der Waals surface area contributed by atoms with E-state index in [1.54, 1.807) is 4.57 Å². The Morgan fingerprint density at radius 2 is 2.24 bits per heavy atom. The molecule has 2 N–H and O–H groups in total. The van der Waals surface area contributed by atoms with Crippen LogP contribution in [0.2, 0.25) is 0 Å². The molecule has 1 aromatic heterocycles. The van der Waals surface area contributed by atoms with Crippen LogP contribution in [0.25, 0.3) is 0 Å². The van der Waals surface area contributed by atoms with E-state index in [2.05, 4.69) is 10.4 Å². The molecule has 1 atom stereocenters. The summed E-state index contributed by atoms with van der Waals surface area (Å²) in [5, 5.41) is 15.9. The Kier molecular flexibility index (Phi) is 5.55. The molecule has 0 bridgehead atoms. The van der Waals surface area contributed by atoms with Crippen LogP contribution in [0.5, 0.6) is 0 Å². The molecule has 1 unspecified atom stereocenters. The minimum Gasteiger partial charge on any atom is -0.396 e. The third-order valence-electron chi connectivity index (χ3n) is 3.84. The van der Waals surface area contributed by atoms with Crippen molar-refractivity contribution in [2.24, 2.45) is 5.92 Å². The van der Waals surface area contributed by atoms with Crippen molar-refractivity contribution >= 4 is 5.91 Å². The average molecular weight is 296 g/mol. The summed E-state index contributed by atoms with van der Waals surface area (Å²) in [4.78, 5) is 24.1. The van der Waals surface area contributed by atoms with Gasteiger partial charge in [0.25, 0.3) is 0 Å². The van der Waals surface area contributed by atoms with Crippen LogP contribution in [-0.4, -0.2) is 38.5 Å². The number of aromatic nitrogens is 3. The van der Waals surface area contributed by atoms with Gasteiger partial charge in [0.15, 0.2) is 0 Å². The number of nitrogens with one attached hydrogen (secondary N) is 1. The molecule has 2 rings (SSSR count). The number of aliphatic hydroxyl groups excluding tert-OH is 1. The molecular formula is C14H24N4O3. The van der Waals surface area contributed by atoms with Gasteiger partial charge < -0.3 is 10.4 Å². The Bertz CT molecular complexity index is 535. The van der Waals surface area contributed by atoms with Gasteiger partial charge in [0.1, 0.15) is 12.4 Å². The first-order chi connectivity index (χ1) is 10.1. The molecule has 0 saturated heterocycles. The molecular weight excluding hydrogens is 272 g/mol. The lowest BCUT2D eigenvalue weighted by molar-refractivity contribution is -0.122. The van der Waals surface area contributed by atoms with Crippen molar-refractivity contribution in [2.45, 2.75) is 52.1 Å². The van der Waals surface area contributed by atoms with Crippen LogP contribution in [0.3, 0.4) is 0 Å². The van der Waals surface area contributed by atoms with Crippen LogP contribution >= 0.6 is 0 Å². The van der Waals surface area contributed by atoms with E-state index in [0.717, 1.165) is 31.5 Å². The monoisotopic (exact) mass is 296 g/mol. The molecule has 21 heavy (non-hydrogen) atoms. The molecule has 1 aromatic rings. The molecule has 2 heterocycles. The van der Waals surface area contributed by atoms with Gasteiger partial charge >= 0.3 is 5.69 Å². The fraction of sp³-hybridized carbons (Fsp3) is 0.786. The Hall–Kier alpha value is -1.63. The van der Waals surface area contributed by atoms with Gasteiger partial charge in [-0.15, -0.1) is 0 Å². The highest BCUT2D eigenvalue weighted by Crippen LogP contribution is 2.10. The molecule has 0 spiro atoms. The second kappa shape index (κ2) is 7.40. The second-order valence-electron chi connectivity index (χ2n) is 5.74. The lowest BCUT2D eigenvalue weighted by atomic mass is 10.1. The standard InChI is InChI=1S/C14H24N4O3/c1-11(6-8-19)9-15-13(20)10-18-14(21)17-7-4-2-3-5-12(17)16-18/h11,19H,2-10H2,1H3,(H,15,20). The smallest absolute Gasteiger partial charge is 0.346 e. The molecule has 7 heteroatoms. The Morgan fingerprint density at radius 3 is 3.00 bits per heavy atom. The Labute approximate surface area is 124 Å². The lowest BCUT2D eigenvalue weighted by Crippen LogP contribution is -2.35. The number of fused-ring (bicyclic) bond motifs is 1. The Balaban J connectivity index is 1.94. The van der Waals surface area contributed by atoms with Gasteiger partial charge in [-0.3, -0.25) is 9.36 Å². The summed E-state index contributed by atoms with van der Waals surface area (Å²) in [6.45, 7) is 3.24. The van der Waals surface area contributed by atoms with E-state index in [4.69, 9.17) is 5.11 Å². The van der Waals surface area contributed by atoms with Crippen LogP contribution < -0.4 is 11.0 Å². The van der Waals surface area contributed by atoms with Crippen molar-refractivity contribution < 1.29 is 9.90 Å². The van der Waals surface area contributed by atoms with Crippen molar-refractivity contribution in [3.63, 3.8) is 0 Å². The maximum absolute atomic E-state index is 12.2. The van der Waals surface area contributed by atoms with Crippen LogP contribution in [0.1, 0.15) is 38.4 Å². The van der Waals surface area contributed by atoms with Crippen molar-refractivity contribution in [3.05, 3.63) is 16.3 Å². The molecule has 1 amide bonds. The van der Waals surface area contributed by atoms with Gasteiger partial charge in [-0.05, 0) is 25.2 Å². The van der Waals surface area contributed by atoms with Gasteiger partial charge in [-0.2, -0.15) is 5.10 Å². The first kappa shape index (κ1) is 15.8. The third-order valence-corrected chi connectivity index (χ3v) is 3.84. The zero-order chi connectivity index (χ0) is 15.2. The van der Waals surface area contributed by atoms with Crippen molar-refractivity contribution in [3.8, 4) is 0 Å². The number of nitrogens with zero attached hydrogens (tertiary/aromatic N) is 3. The number of aryl methyl sites for hydroxylation is 1. The topological polar surface area (TPSA) is 89.2 Å². The Morgan fingerprint density at radius 1 is 1.43 bits per heavy atom. The molecule has 7 nitrogen and oxygen atoms in total. The number of carbonyl (C=O) groups excluding carboxylic acids is 1. The molecule has 118 valence electrons. The summed E-state index contributed by atoms with van der Waals surface area (Å²) in [5.41, 5.74) is -0.189. The van der Waals surface area contributed by atoms with Gasteiger partial charge in [-0.25, -0.2) is 9.48 Å². The van der Waals surface area contributed by atoms with Gasteiger partial charge in [0, 0.05) is 26.1 Å². The molecule has 0 radical (unpaired) electrons. The highest BCUT2D eigenvalue weighted by molar-refractivity contribution is 5.75. The molecule has 0 aliphatic carbocycles. The zero-order valence-electron chi connectivity index (χ0n) is 12.5. The third kappa shape index (κ3) is 4.17. The maximum atomic E-state index is 12.2. The largest absolute Gasteiger partial charge is 0.396 e. The average Bonchev–Trinajstić information content (AvgIpc) is 2.65. The van der Waals surface area contributed by atoms with Crippen LogP contribution in [0.15, 0.2) is 4.79 Å². The summed E-state index contributed by atoms with van der Waals surface area (Å²) < 4.78 is 2.95. The number of hydrogen-bond acceptors (Lipinski definition) is 4. The number of rotatable bonds is 6. The van der Waals surface area contributed by atoms with Crippen molar-refractivity contribution in [1.29, 1.82) is 0 Å². The highest BCUT2D eigenvalue weighted by atomic mass is 16.3. The lowest BCUT2D eigenvalue weighted by Gasteiger charge is -2.10. The van der Waals surface area contributed by atoms with Crippen LogP contribution in [0.4, 0.5) is 0 Å². The van der Waals surface area contributed by atoms with E-state index in [0.29, 0.717) is 19.5 Å². The summed E-state index contributed by atoms with van der Waals surface area (Å²) in [6, 6.07) is 0. The predicted molar refractivity (Wildman–Crippen MR) is 77.9 cm³/mol. The normalized spacial score (nSPS) is 16.1. The first-order valence-electron chi connectivity index (χ1n) is 7.66. The summed E-state index contributed by atoms with van der Waals surface area (Å²) in [6.07, 6.45) is 4.60. The number of amides is 1. The number of hydrogen-bond donors (Lipinski definition) is 2. The summed E-state index contributed by atoms with van der Waals surface area (Å²) in [7, 11) is 0. The van der Waals surface area contributed by atoms with Gasteiger partial charge in [0.05, 0.1) is 0 Å². The fourth-order valence-electron chi connectivity index (χ4n) is 2.53. The van der Waals surface area contributed by atoms with Crippen molar-refractivity contribution in [2.75, 3.05) is 13.2 Å². The quantitative estimate of drug-likeness (QED) is 0.767. The summed E-state index contributed by atoms with van der Waals surface area (Å²) >= 11 is 0. The van der Waals surface area contributed by atoms with Crippen LogP contribution in [-0.2, 0) is 24.3 Å². The fourth-order valence-corrected chi connectivity index (χ4v) is 2.53. The number of carbonyl (C=O) groups is 1. The SMILES string of the molecule is CC(CCO)CNC(=O)Cn1nc2n(c1=O)CCCCC2. The van der Waals surface area contributed by atoms with E-state index >= 15 is 0 Å². The van der Waals surface area contributed by atoms with Crippen molar-refractivity contribution in [1.82, 2.24) is 19.7 Å². The molecule has 1 aliphatic rings.